The molecule has 1 aliphatic rings. The molecule has 3 aromatic rings. The molecule has 136 valence electrons. The van der Waals surface area contributed by atoms with E-state index in [-0.39, 0.29) is 5.41 Å². The number of hydrogen-bond donors (Lipinski definition) is 0. The zero-order chi connectivity index (χ0) is 18.0. The van der Waals surface area contributed by atoms with Crippen molar-refractivity contribution in [3.8, 4) is 11.3 Å². The summed E-state index contributed by atoms with van der Waals surface area (Å²) in [6.07, 6.45) is 9.97. The topological polar surface area (TPSA) is 44.9 Å². The van der Waals surface area contributed by atoms with Crippen LogP contribution in [0.3, 0.4) is 0 Å². The lowest BCUT2D eigenvalue weighted by Crippen LogP contribution is -2.38. The van der Waals surface area contributed by atoms with Gasteiger partial charge < -0.3 is 9.30 Å². The van der Waals surface area contributed by atoms with Gasteiger partial charge in [-0.15, -0.1) is 0 Å². The first-order valence-electron chi connectivity index (χ1n) is 9.38. The molecule has 1 aromatic carbocycles. The minimum absolute atomic E-state index is 0.0855. The Kier molecular flexibility index (Phi) is 4.64. The van der Waals surface area contributed by atoms with Gasteiger partial charge in [0.05, 0.1) is 24.4 Å². The predicted octanol–water partition coefficient (Wildman–Crippen LogP) is 3.82. The molecule has 0 saturated carbocycles. The summed E-state index contributed by atoms with van der Waals surface area (Å²) in [5.74, 6) is 0. The minimum Gasteiger partial charge on any atom is -0.381 e. The Morgan fingerprint density at radius 3 is 2.58 bits per heavy atom. The molecule has 26 heavy (non-hydrogen) atoms. The van der Waals surface area contributed by atoms with Gasteiger partial charge in [0.25, 0.3) is 0 Å². The molecule has 1 saturated heterocycles. The quantitative estimate of drug-likeness (QED) is 0.703. The summed E-state index contributed by atoms with van der Waals surface area (Å²) in [4.78, 5) is 4.43. The summed E-state index contributed by atoms with van der Waals surface area (Å²) >= 11 is 0. The van der Waals surface area contributed by atoms with Crippen LogP contribution in [0.1, 0.15) is 30.9 Å². The molecule has 0 amide bonds. The zero-order valence-electron chi connectivity index (χ0n) is 15.6. The van der Waals surface area contributed by atoms with Crippen molar-refractivity contribution in [1.82, 2.24) is 19.3 Å². The van der Waals surface area contributed by atoms with Crippen LogP contribution < -0.4 is 0 Å². The van der Waals surface area contributed by atoms with Gasteiger partial charge in [0, 0.05) is 43.5 Å². The fourth-order valence-electron chi connectivity index (χ4n) is 3.89. The number of nitrogens with zero attached hydrogens (tertiary/aromatic N) is 4. The molecule has 0 bridgehead atoms. The van der Waals surface area contributed by atoms with Gasteiger partial charge >= 0.3 is 0 Å². The molecular weight excluding hydrogens is 324 g/mol. The Balaban J connectivity index is 1.69. The minimum atomic E-state index is 0.0855. The van der Waals surface area contributed by atoms with Crippen LogP contribution in [0.5, 0.6) is 0 Å². The first kappa shape index (κ1) is 17.0. The average molecular weight is 350 g/mol. The number of rotatable bonds is 5. The second-order valence-electron chi connectivity index (χ2n) is 7.25. The third kappa shape index (κ3) is 3.19. The maximum Gasteiger partial charge on any atom is 0.0951 e. The van der Waals surface area contributed by atoms with Gasteiger partial charge in [0.2, 0.25) is 0 Å². The van der Waals surface area contributed by atoms with Crippen molar-refractivity contribution >= 4 is 0 Å². The Bertz CT molecular complexity index is 856. The van der Waals surface area contributed by atoms with E-state index in [4.69, 9.17) is 4.74 Å². The number of aryl methyl sites for hydroxylation is 2. The molecule has 2 aromatic heterocycles. The van der Waals surface area contributed by atoms with Crippen molar-refractivity contribution < 1.29 is 4.74 Å². The maximum absolute atomic E-state index is 5.68. The monoisotopic (exact) mass is 350 g/mol. The standard InChI is InChI=1S/C21H26N4O/c1-3-25-14-18(12-23-25)20-13-22-16-24(20)15-21(8-10-26-11-9-21)19-6-4-17(2)5-7-19/h4-7,12-14,16H,3,8-11,15H2,1-2H3. The van der Waals surface area contributed by atoms with Crippen LogP contribution >= 0.6 is 0 Å². The Labute approximate surface area is 154 Å². The SMILES string of the molecule is CCn1cc(-c2cncn2CC2(c3ccc(C)cc3)CCOCC2)cn1. The lowest BCUT2D eigenvalue weighted by Gasteiger charge is -2.38. The zero-order valence-corrected chi connectivity index (χ0v) is 15.6. The first-order chi connectivity index (χ1) is 12.7. The van der Waals surface area contributed by atoms with Crippen LogP contribution in [0.4, 0.5) is 0 Å². The average Bonchev–Trinajstić information content (AvgIpc) is 3.32. The van der Waals surface area contributed by atoms with Crippen LogP contribution in [0.15, 0.2) is 49.2 Å². The number of imidazole rings is 1. The number of hydrogen-bond acceptors (Lipinski definition) is 3. The molecular formula is C21H26N4O. The highest BCUT2D eigenvalue weighted by Gasteiger charge is 2.35. The predicted molar refractivity (Wildman–Crippen MR) is 102 cm³/mol. The molecule has 0 spiro atoms. The summed E-state index contributed by atoms with van der Waals surface area (Å²) < 4.78 is 9.92. The normalized spacial score (nSPS) is 16.7. The van der Waals surface area contributed by atoms with Crippen molar-refractivity contribution in [1.29, 1.82) is 0 Å². The van der Waals surface area contributed by atoms with E-state index in [9.17, 15) is 0 Å². The van der Waals surface area contributed by atoms with Gasteiger partial charge in [-0.3, -0.25) is 4.68 Å². The molecule has 0 N–H and O–H groups in total. The summed E-state index contributed by atoms with van der Waals surface area (Å²) in [5.41, 5.74) is 5.03. The van der Waals surface area contributed by atoms with Crippen LogP contribution in [0, 0.1) is 6.92 Å². The van der Waals surface area contributed by atoms with E-state index in [0.29, 0.717) is 0 Å². The number of ether oxygens (including phenoxy) is 1. The second kappa shape index (κ2) is 7.08. The van der Waals surface area contributed by atoms with Gasteiger partial charge in [0.15, 0.2) is 0 Å². The Morgan fingerprint density at radius 2 is 1.88 bits per heavy atom. The highest BCUT2D eigenvalue weighted by molar-refractivity contribution is 5.56. The smallest absolute Gasteiger partial charge is 0.0951 e. The fourth-order valence-corrected chi connectivity index (χ4v) is 3.89. The van der Waals surface area contributed by atoms with Crippen LogP contribution in [-0.2, 0) is 23.2 Å². The van der Waals surface area contributed by atoms with Crippen molar-refractivity contribution in [2.24, 2.45) is 0 Å². The van der Waals surface area contributed by atoms with E-state index in [1.165, 1.54) is 11.1 Å². The lowest BCUT2D eigenvalue weighted by atomic mass is 9.74. The molecule has 0 aliphatic carbocycles. The van der Waals surface area contributed by atoms with Crippen LogP contribution in [-0.4, -0.2) is 32.5 Å². The van der Waals surface area contributed by atoms with Gasteiger partial charge in [-0.1, -0.05) is 29.8 Å². The van der Waals surface area contributed by atoms with E-state index in [1.54, 1.807) is 0 Å². The maximum atomic E-state index is 5.68. The summed E-state index contributed by atoms with van der Waals surface area (Å²) in [7, 11) is 0. The largest absolute Gasteiger partial charge is 0.381 e. The van der Waals surface area contributed by atoms with E-state index >= 15 is 0 Å². The molecule has 5 nitrogen and oxygen atoms in total. The molecule has 5 heteroatoms. The fraction of sp³-hybridized carbons (Fsp3) is 0.429. The van der Waals surface area contributed by atoms with Crippen molar-refractivity contribution in [2.75, 3.05) is 13.2 Å². The third-order valence-corrected chi connectivity index (χ3v) is 5.55. The van der Waals surface area contributed by atoms with Crippen molar-refractivity contribution in [2.45, 2.75) is 45.2 Å². The van der Waals surface area contributed by atoms with E-state index in [1.807, 2.05) is 23.4 Å². The summed E-state index contributed by atoms with van der Waals surface area (Å²) in [6.45, 7) is 7.64. The Morgan fingerprint density at radius 1 is 1.12 bits per heavy atom. The molecule has 1 fully saturated rings. The summed E-state index contributed by atoms with van der Waals surface area (Å²) in [6, 6.07) is 9.00. The number of aromatic nitrogens is 4. The molecule has 0 radical (unpaired) electrons. The van der Waals surface area contributed by atoms with E-state index in [0.717, 1.165) is 50.4 Å². The third-order valence-electron chi connectivity index (χ3n) is 5.55. The second-order valence-corrected chi connectivity index (χ2v) is 7.25. The van der Waals surface area contributed by atoms with Crippen LogP contribution in [0.2, 0.25) is 0 Å². The van der Waals surface area contributed by atoms with Crippen molar-refractivity contribution in [3.05, 3.63) is 60.3 Å². The molecule has 4 rings (SSSR count). The summed E-state index contributed by atoms with van der Waals surface area (Å²) in [5, 5.41) is 4.42. The number of benzene rings is 1. The highest BCUT2D eigenvalue weighted by atomic mass is 16.5. The van der Waals surface area contributed by atoms with Gasteiger partial charge in [-0.2, -0.15) is 5.10 Å². The van der Waals surface area contributed by atoms with Gasteiger partial charge in [-0.25, -0.2) is 4.98 Å². The van der Waals surface area contributed by atoms with Gasteiger partial charge in [-0.05, 0) is 32.3 Å². The lowest BCUT2D eigenvalue weighted by molar-refractivity contribution is 0.0436. The molecule has 0 atom stereocenters. The van der Waals surface area contributed by atoms with Crippen molar-refractivity contribution in [3.63, 3.8) is 0 Å². The van der Waals surface area contributed by atoms with E-state index < -0.39 is 0 Å². The highest BCUT2D eigenvalue weighted by Crippen LogP contribution is 2.37. The van der Waals surface area contributed by atoms with Crippen LogP contribution in [0.25, 0.3) is 11.3 Å². The molecule has 0 unspecified atom stereocenters. The first-order valence-corrected chi connectivity index (χ1v) is 9.38. The van der Waals surface area contributed by atoms with Gasteiger partial charge in [0.1, 0.15) is 0 Å². The molecule has 1 aliphatic heterocycles. The Hall–Kier alpha value is -2.40. The van der Waals surface area contributed by atoms with E-state index in [2.05, 4.69) is 59.0 Å². The molecule has 3 heterocycles.